The zero-order chi connectivity index (χ0) is 17.7. The van der Waals surface area contributed by atoms with Gasteiger partial charge in [0, 0.05) is 0 Å². The third-order valence-electron chi connectivity index (χ3n) is 5.46. The molecular weight excluding hydrogens is 296 g/mol. The highest BCUT2D eigenvalue weighted by Gasteiger charge is 2.65. The number of aliphatic hydroxyl groups is 1. The van der Waals surface area contributed by atoms with Gasteiger partial charge < -0.3 is 14.6 Å². The molecule has 0 unspecified atom stereocenters. The van der Waals surface area contributed by atoms with Crippen molar-refractivity contribution >= 4 is 11.9 Å². The van der Waals surface area contributed by atoms with Gasteiger partial charge in [-0.15, -0.1) is 0 Å². The van der Waals surface area contributed by atoms with Crippen molar-refractivity contribution in [3.8, 4) is 0 Å². The SMILES string of the molecule is CCCCCCC[C@]1(O)C[C@@](C)(C(=O)OC)C[C@@]1(C)C(=O)OC. The van der Waals surface area contributed by atoms with Gasteiger partial charge in [0.2, 0.25) is 0 Å². The number of hydrogen-bond donors (Lipinski definition) is 1. The standard InChI is InChI=1S/C18H32O5/c1-6-7-8-9-10-11-18(21)13-16(2,14(19)22-4)12-17(18,3)15(20)23-5/h21H,6-13H2,1-5H3/t16-,17-,18-/m0/s1. The number of rotatable bonds is 8. The van der Waals surface area contributed by atoms with Gasteiger partial charge in [0.15, 0.2) is 0 Å². The Hall–Kier alpha value is -1.10. The van der Waals surface area contributed by atoms with Gasteiger partial charge in [-0.1, -0.05) is 39.0 Å². The lowest BCUT2D eigenvalue weighted by Gasteiger charge is -2.37. The van der Waals surface area contributed by atoms with Gasteiger partial charge in [-0.2, -0.15) is 0 Å². The van der Waals surface area contributed by atoms with Crippen LogP contribution in [0.5, 0.6) is 0 Å². The zero-order valence-corrected chi connectivity index (χ0v) is 15.2. The average Bonchev–Trinajstić information content (AvgIpc) is 2.73. The highest BCUT2D eigenvalue weighted by Crippen LogP contribution is 2.58. The van der Waals surface area contributed by atoms with E-state index in [2.05, 4.69) is 6.92 Å². The van der Waals surface area contributed by atoms with Crippen molar-refractivity contribution in [3.05, 3.63) is 0 Å². The molecule has 0 aromatic heterocycles. The third kappa shape index (κ3) is 3.87. The molecule has 3 atom stereocenters. The number of hydrogen-bond acceptors (Lipinski definition) is 5. The van der Waals surface area contributed by atoms with Crippen molar-refractivity contribution in [2.45, 2.75) is 77.7 Å². The summed E-state index contributed by atoms with van der Waals surface area (Å²) < 4.78 is 9.83. The first-order chi connectivity index (χ1) is 10.7. The van der Waals surface area contributed by atoms with E-state index in [1.807, 2.05) is 0 Å². The van der Waals surface area contributed by atoms with Crippen LogP contribution in [-0.2, 0) is 19.1 Å². The van der Waals surface area contributed by atoms with Crippen molar-refractivity contribution in [1.29, 1.82) is 0 Å². The second kappa shape index (κ2) is 7.65. The summed E-state index contributed by atoms with van der Waals surface area (Å²) >= 11 is 0. The number of carbonyl (C=O) groups is 2. The maximum absolute atomic E-state index is 12.4. The molecule has 1 fully saturated rings. The van der Waals surface area contributed by atoms with Crippen molar-refractivity contribution in [1.82, 2.24) is 0 Å². The lowest BCUT2D eigenvalue weighted by atomic mass is 9.73. The molecule has 0 amide bonds. The number of carbonyl (C=O) groups excluding carboxylic acids is 2. The molecule has 1 saturated carbocycles. The molecule has 0 heterocycles. The lowest BCUT2D eigenvalue weighted by Crippen LogP contribution is -2.47. The summed E-state index contributed by atoms with van der Waals surface area (Å²) in [5, 5.41) is 11.2. The fraction of sp³-hybridized carbons (Fsp3) is 0.889. The number of methoxy groups -OCH3 is 2. The Bertz CT molecular complexity index is 435. The molecular formula is C18H32O5. The van der Waals surface area contributed by atoms with E-state index >= 15 is 0 Å². The minimum atomic E-state index is -1.24. The highest BCUT2D eigenvalue weighted by atomic mass is 16.5. The van der Waals surface area contributed by atoms with Gasteiger partial charge in [0.25, 0.3) is 0 Å². The summed E-state index contributed by atoms with van der Waals surface area (Å²) in [5.41, 5.74) is -3.19. The molecule has 1 N–H and O–H groups in total. The van der Waals surface area contributed by atoms with E-state index in [4.69, 9.17) is 9.47 Å². The van der Waals surface area contributed by atoms with Crippen molar-refractivity contribution in [2.75, 3.05) is 14.2 Å². The largest absolute Gasteiger partial charge is 0.469 e. The Kier molecular flexibility index (Phi) is 6.63. The van der Waals surface area contributed by atoms with E-state index in [0.29, 0.717) is 6.42 Å². The number of unbranched alkanes of at least 4 members (excludes halogenated alkanes) is 4. The van der Waals surface area contributed by atoms with E-state index in [1.165, 1.54) is 20.6 Å². The van der Waals surface area contributed by atoms with Crippen LogP contribution in [0.4, 0.5) is 0 Å². The Morgan fingerprint density at radius 2 is 1.52 bits per heavy atom. The van der Waals surface area contributed by atoms with Crippen LogP contribution in [0.25, 0.3) is 0 Å². The predicted octanol–water partition coefficient (Wildman–Crippen LogP) is 3.23. The molecule has 5 heteroatoms. The first-order valence-electron chi connectivity index (χ1n) is 8.58. The first kappa shape index (κ1) is 19.9. The maximum Gasteiger partial charge on any atom is 0.314 e. The second-order valence-corrected chi connectivity index (χ2v) is 7.43. The van der Waals surface area contributed by atoms with E-state index < -0.39 is 22.4 Å². The van der Waals surface area contributed by atoms with Crippen LogP contribution < -0.4 is 0 Å². The quantitative estimate of drug-likeness (QED) is 0.547. The fourth-order valence-corrected chi connectivity index (χ4v) is 4.11. The summed E-state index contributed by atoms with van der Waals surface area (Å²) in [4.78, 5) is 24.5. The molecule has 0 radical (unpaired) electrons. The van der Waals surface area contributed by atoms with Crippen molar-refractivity contribution in [3.63, 3.8) is 0 Å². The molecule has 0 aromatic carbocycles. The zero-order valence-electron chi connectivity index (χ0n) is 15.2. The second-order valence-electron chi connectivity index (χ2n) is 7.43. The average molecular weight is 328 g/mol. The first-order valence-corrected chi connectivity index (χ1v) is 8.58. The van der Waals surface area contributed by atoms with Gasteiger partial charge in [-0.25, -0.2) is 0 Å². The van der Waals surface area contributed by atoms with Crippen molar-refractivity contribution in [2.24, 2.45) is 10.8 Å². The van der Waals surface area contributed by atoms with Crippen LogP contribution in [0.3, 0.4) is 0 Å². The summed E-state index contributed by atoms with van der Waals surface area (Å²) in [7, 11) is 2.66. The summed E-state index contributed by atoms with van der Waals surface area (Å²) in [5.74, 6) is -0.837. The molecule has 134 valence electrons. The van der Waals surface area contributed by atoms with Gasteiger partial charge in [-0.05, 0) is 33.1 Å². The Morgan fingerprint density at radius 3 is 2.04 bits per heavy atom. The molecule has 1 aliphatic rings. The van der Waals surface area contributed by atoms with Crippen LogP contribution in [-0.4, -0.2) is 36.9 Å². The van der Waals surface area contributed by atoms with E-state index in [-0.39, 0.29) is 18.8 Å². The summed E-state index contributed by atoms with van der Waals surface area (Å²) in [6, 6.07) is 0. The maximum atomic E-state index is 12.4. The van der Waals surface area contributed by atoms with Crippen LogP contribution >= 0.6 is 0 Å². The van der Waals surface area contributed by atoms with Gasteiger partial charge >= 0.3 is 11.9 Å². The molecule has 0 bridgehead atoms. The molecule has 0 aliphatic heterocycles. The van der Waals surface area contributed by atoms with Gasteiger partial charge in [0.05, 0.1) is 30.7 Å². The van der Waals surface area contributed by atoms with Crippen LogP contribution in [0.1, 0.15) is 72.1 Å². The van der Waals surface area contributed by atoms with E-state index in [9.17, 15) is 14.7 Å². The van der Waals surface area contributed by atoms with E-state index in [1.54, 1.807) is 13.8 Å². The van der Waals surface area contributed by atoms with Gasteiger partial charge in [-0.3, -0.25) is 9.59 Å². The predicted molar refractivity (Wildman–Crippen MR) is 87.8 cm³/mol. The smallest absolute Gasteiger partial charge is 0.314 e. The highest BCUT2D eigenvalue weighted by molar-refractivity contribution is 5.83. The summed E-state index contributed by atoms with van der Waals surface area (Å²) in [6.07, 6.45) is 6.27. The van der Waals surface area contributed by atoms with Crippen molar-refractivity contribution < 1.29 is 24.2 Å². The molecule has 0 saturated heterocycles. The summed E-state index contributed by atoms with van der Waals surface area (Å²) in [6.45, 7) is 5.62. The van der Waals surface area contributed by atoms with Gasteiger partial charge in [0.1, 0.15) is 0 Å². The molecule has 0 aromatic rings. The topological polar surface area (TPSA) is 72.8 Å². The Morgan fingerprint density at radius 1 is 0.957 bits per heavy atom. The Labute approximate surface area is 139 Å². The third-order valence-corrected chi connectivity index (χ3v) is 5.46. The molecule has 0 spiro atoms. The minimum Gasteiger partial charge on any atom is -0.469 e. The monoisotopic (exact) mass is 328 g/mol. The fourth-order valence-electron chi connectivity index (χ4n) is 4.11. The lowest BCUT2D eigenvalue weighted by molar-refractivity contribution is -0.167. The Balaban J connectivity index is 2.95. The van der Waals surface area contributed by atoms with E-state index in [0.717, 1.165) is 25.7 Å². The number of esters is 2. The molecule has 23 heavy (non-hydrogen) atoms. The molecule has 1 rings (SSSR count). The normalized spacial score (nSPS) is 33.5. The molecule has 5 nitrogen and oxygen atoms in total. The molecule has 1 aliphatic carbocycles. The van der Waals surface area contributed by atoms with Crippen LogP contribution in [0.2, 0.25) is 0 Å². The number of ether oxygens (including phenoxy) is 2. The van der Waals surface area contributed by atoms with Crippen LogP contribution in [0, 0.1) is 10.8 Å². The van der Waals surface area contributed by atoms with Crippen LogP contribution in [0.15, 0.2) is 0 Å². The minimum absolute atomic E-state index is 0.228.